The van der Waals surface area contributed by atoms with E-state index in [-0.39, 0.29) is 12.5 Å². The first-order valence-electron chi connectivity index (χ1n) is 9.16. The molecule has 1 aliphatic carbocycles. The summed E-state index contributed by atoms with van der Waals surface area (Å²) in [4.78, 5) is 35.7. The van der Waals surface area contributed by atoms with E-state index in [1.807, 2.05) is 6.07 Å². The average Bonchev–Trinajstić information content (AvgIpc) is 3.18. The fourth-order valence-corrected chi connectivity index (χ4v) is 3.24. The molecule has 0 fully saturated rings. The molecule has 0 saturated carbocycles. The molecular weight excluding hydrogens is 348 g/mol. The zero-order valence-electron chi connectivity index (χ0n) is 15.8. The number of nitrogens with one attached hydrogen (secondary N) is 2. The van der Waals surface area contributed by atoms with Crippen LogP contribution in [0.15, 0.2) is 22.8 Å². The van der Waals surface area contributed by atoms with Crippen LogP contribution in [0.3, 0.4) is 0 Å². The third-order valence-corrected chi connectivity index (χ3v) is 4.54. The van der Waals surface area contributed by atoms with Crippen LogP contribution in [0.2, 0.25) is 0 Å². The summed E-state index contributed by atoms with van der Waals surface area (Å²) < 4.78 is 10.7. The van der Waals surface area contributed by atoms with Crippen LogP contribution in [-0.2, 0) is 33.6 Å². The van der Waals surface area contributed by atoms with E-state index in [9.17, 15) is 14.4 Å². The molecule has 0 aliphatic heterocycles. The maximum Gasteiger partial charge on any atom is 0.321 e. The topological polar surface area (TPSA) is 97.6 Å². The number of benzene rings is 1. The van der Waals surface area contributed by atoms with Gasteiger partial charge in [0, 0.05) is 17.0 Å². The van der Waals surface area contributed by atoms with Gasteiger partial charge < -0.3 is 14.5 Å². The van der Waals surface area contributed by atoms with Crippen molar-refractivity contribution in [1.29, 1.82) is 0 Å². The number of carbonyl (C=O) groups excluding carboxylic acids is 3. The van der Waals surface area contributed by atoms with Crippen molar-refractivity contribution in [2.75, 3.05) is 0 Å². The number of amides is 3. The quantitative estimate of drug-likeness (QED) is 0.787. The van der Waals surface area contributed by atoms with Gasteiger partial charge in [-0.3, -0.25) is 14.9 Å². The van der Waals surface area contributed by atoms with Crippen molar-refractivity contribution in [3.8, 4) is 0 Å². The Morgan fingerprint density at radius 3 is 2.56 bits per heavy atom. The summed E-state index contributed by atoms with van der Waals surface area (Å²) in [7, 11) is 0. The largest absolute Gasteiger partial charge is 0.464 e. The number of hydrogen-bond donors (Lipinski definition) is 2. The van der Waals surface area contributed by atoms with E-state index >= 15 is 0 Å². The maximum absolute atomic E-state index is 12.2. The molecule has 7 nitrogen and oxygen atoms in total. The molecule has 1 heterocycles. The summed E-state index contributed by atoms with van der Waals surface area (Å²) >= 11 is 0. The Bertz CT molecular complexity index is 884. The summed E-state index contributed by atoms with van der Waals surface area (Å²) in [6, 6.07) is 3.39. The Morgan fingerprint density at radius 2 is 1.85 bits per heavy atom. The van der Waals surface area contributed by atoms with E-state index in [4.69, 9.17) is 9.15 Å². The number of carbonyl (C=O) groups is 3. The molecule has 3 rings (SSSR count). The number of imide groups is 1. The van der Waals surface area contributed by atoms with E-state index in [0.717, 1.165) is 35.8 Å². The highest BCUT2D eigenvalue weighted by Gasteiger charge is 2.22. The third kappa shape index (κ3) is 4.48. The molecule has 1 aromatic heterocycles. The predicted molar refractivity (Wildman–Crippen MR) is 99.3 cm³/mol. The highest BCUT2D eigenvalue weighted by atomic mass is 16.5. The SMILES string of the molecule is CC(C)NC(=O)NC(=O)C(C)OC(=O)Cc1coc2cc3c(cc12)CCC3. The van der Waals surface area contributed by atoms with Gasteiger partial charge in [0.25, 0.3) is 5.91 Å². The van der Waals surface area contributed by atoms with Crippen molar-refractivity contribution >= 4 is 28.9 Å². The second kappa shape index (κ2) is 7.82. The lowest BCUT2D eigenvalue weighted by atomic mass is 10.0. The predicted octanol–water partition coefficient (Wildman–Crippen LogP) is 2.63. The molecule has 1 atom stereocenters. The molecule has 27 heavy (non-hydrogen) atoms. The molecule has 1 aromatic carbocycles. The Kier molecular flexibility index (Phi) is 5.48. The monoisotopic (exact) mass is 372 g/mol. The fraction of sp³-hybridized carbons (Fsp3) is 0.450. The standard InChI is InChI=1S/C20H24N2O5/c1-11(2)21-20(25)22-19(24)12(3)27-18(23)9-15-10-26-17-8-14-6-4-5-13(14)7-16(15)17/h7-8,10-12H,4-6,9H2,1-3H3,(H2,21,22,24,25). The van der Waals surface area contributed by atoms with Crippen LogP contribution in [0.4, 0.5) is 4.79 Å². The third-order valence-electron chi connectivity index (χ3n) is 4.54. The average molecular weight is 372 g/mol. The van der Waals surface area contributed by atoms with E-state index in [1.165, 1.54) is 18.1 Å². The minimum absolute atomic E-state index is 0.00158. The Hall–Kier alpha value is -2.83. The molecule has 0 bridgehead atoms. The number of rotatable bonds is 5. The van der Waals surface area contributed by atoms with Gasteiger partial charge in [0.05, 0.1) is 12.7 Å². The molecule has 0 spiro atoms. The van der Waals surface area contributed by atoms with Gasteiger partial charge in [0.2, 0.25) is 0 Å². The molecule has 3 amide bonds. The fourth-order valence-electron chi connectivity index (χ4n) is 3.24. The number of urea groups is 1. The lowest BCUT2D eigenvalue weighted by Crippen LogP contribution is -2.46. The number of aryl methyl sites for hydroxylation is 2. The molecule has 0 radical (unpaired) electrons. The molecule has 7 heteroatoms. The van der Waals surface area contributed by atoms with E-state index in [1.54, 1.807) is 20.1 Å². The van der Waals surface area contributed by atoms with Crippen LogP contribution in [0, 0.1) is 0 Å². The first kappa shape index (κ1) is 18.9. The number of fused-ring (bicyclic) bond motifs is 2. The van der Waals surface area contributed by atoms with Crippen molar-refractivity contribution in [3.05, 3.63) is 35.1 Å². The zero-order valence-corrected chi connectivity index (χ0v) is 15.8. The zero-order chi connectivity index (χ0) is 19.6. The van der Waals surface area contributed by atoms with Crippen LogP contribution in [0.1, 0.15) is 43.9 Å². The first-order chi connectivity index (χ1) is 12.8. The van der Waals surface area contributed by atoms with E-state index in [0.29, 0.717) is 0 Å². The molecule has 2 N–H and O–H groups in total. The highest BCUT2D eigenvalue weighted by molar-refractivity contribution is 5.97. The Morgan fingerprint density at radius 1 is 1.15 bits per heavy atom. The van der Waals surface area contributed by atoms with Gasteiger partial charge in [-0.1, -0.05) is 0 Å². The molecule has 0 saturated heterocycles. The number of hydrogen-bond acceptors (Lipinski definition) is 5. The van der Waals surface area contributed by atoms with E-state index < -0.39 is 24.0 Å². The van der Waals surface area contributed by atoms with Gasteiger partial charge in [-0.15, -0.1) is 0 Å². The van der Waals surface area contributed by atoms with Gasteiger partial charge in [-0.2, -0.15) is 0 Å². The molecular formula is C20H24N2O5. The number of esters is 1. The van der Waals surface area contributed by atoms with Gasteiger partial charge in [-0.25, -0.2) is 4.79 Å². The van der Waals surface area contributed by atoms with Crippen LogP contribution in [-0.4, -0.2) is 30.1 Å². The Labute approximate surface area is 157 Å². The minimum Gasteiger partial charge on any atom is -0.464 e. The normalized spacial score (nSPS) is 14.1. The molecule has 1 unspecified atom stereocenters. The van der Waals surface area contributed by atoms with Gasteiger partial charge in [-0.05, 0) is 63.3 Å². The lowest BCUT2D eigenvalue weighted by molar-refractivity contribution is -0.153. The first-order valence-corrected chi connectivity index (χ1v) is 9.16. The maximum atomic E-state index is 12.2. The summed E-state index contributed by atoms with van der Waals surface area (Å²) in [5, 5.41) is 5.59. The van der Waals surface area contributed by atoms with Crippen molar-refractivity contribution in [1.82, 2.24) is 10.6 Å². The smallest absolute Gasteiger partial charge is 0.321 e. The lowest BCUT2D eigenvalue weighted by Gasteiger charge is -2.14. The van der Waals surface area contributed by atoms with Crippen LogP contribution in [0.5, 0.6) is 0 Å². The van der Waals surface area contributed by atoms with Gasteiger partial charge >= 0.3 is 12.0 Å². The second-order valence-electron chi connectivity index (χ2n) is 7.16. The molecule has 1 aliphatic rings. The summed E-state index contributed by atoms with van der Waals surface area (Å²) in [6.45, 7) is 4.98. The van der Waals surface area contributed by atoms with Gasteiger partial charge in [0.1, 0.15) is 5.58 Å². The Balaban J connectivity index is 1.60. The van der Waals surface area contributed by atoms with Crippen molar-refractivity contribution in [2.45, 2.75) is 58.6 Å². The summed E-state index contributed by atoms with van der Waals surface area (Å²) in [6.07, 6.45) is 3.72. The summed E-state index contributed by atoms with van der Waals surface area (Å²) in [5.74, 6) is -1.22. The second-order valence-corrected chi connectivity index (χ2v) is 7.16. The molecule has 144 valence electrons. The summed E-state index contributed by atoms with van der Waals surface area (Å²) in [5.41, 5.74) is 4.09. The van der Waals surface area contributed by atoms with Crippen molar-refractivity contribution < 1.29 is 23.5 Å². The van der Waals surface area contributed by atoms with Crippen molar-refractivity contribution in [2.24, 2.45) is 0 Å². The minimum atomic E-state index is -1.07. The highest BCUT2D eigenvalue weighted by Crippen LogP contribution is 2.30. The number of ether oxygens (including phenoxy) is 1. The van der Waals surface area contributed by atoms with Crippen LogP contribution >= 0.6 is 0 Å². The van der Waals surface area contributed by atoms with Crippen molar-refractivity contribution in [3.63, 3.8) is 0 Å². The van der Waals surface area contributed by atoms with Crippen LogP contribution in [0.25, 0.3) is 11.0 Å². The van der Waals surface area contributed by atoms with Crippen LogP contribution < -0.4 is 10.6 Å². The van der Waals surface area contributed by atoms with E-state index in [2.05, 4.69) is 16.7 Å². The van der Waals surface area contributed by atoms with Gasteiger partial charge in [0.15, 0.2) is 6.10 Å². The molecule has 2 aromatic rings. The number of furan rings is 1.